The number of rotatable bonds is 4. The van der Waals surface area contributed by atoms with Gasteiger partial charge in [0.15, 0.2) is 0 Å². The molecule has 1 atom stereocenters. The summed E-state index contributed by atoms with van der Waals surface area (Å²) in [5, 5.41) is 7.70. The van der Waals surface area contributed by atoms with Crippen LogP contribution in [0.25, 0.3) is 0 Å². The Hall–Kier alpha value is -1.97. The zero-order valence-electron chi connectivity index (χ0n) is 11.4. The van der Waals surface area contributed by atoms with E-state index in [4.69, 9.17) is 0 Å². The van der Waals surface area contributed by atoms with Gasteiger partial charge in [-0.15, -0.1) is 0 Å². The zero-order valence-corrected chi connectivity index (χ0v) is 11.4. The van der Waals surface area contributed by atoms with Crippen LogP contribution in [0.2, 0.25) is 0 Å². The van der Waals surface area contributed by atoms with Crippen molar-refractivity contribution < 1.29 is 0 Å². The molecule has 0 amide bonds. The maximum atomic E-state index is 4.32. The highest BCUT2D eigenvalue weighted by molar-refractivity contribution is 5.47. The van der Waals surface area contributed by atoms with Crippen LogP contribution in [0.1, 0.15) is 18.5 Å². The summed E-state index contributed by atoms with van der Waals surface area (Å²) in [6.45, 7) is 2.14. The number of nitrogens with zero attached hydrogens (tertiary/aromatic N) is 3. The third-order valence-electron chi connectivity index (χ3n) is 2.99. The van der Waals surface area contributed by atoms with Crippen molar-refractivity contribution in [1.82, 2.24) is 9.78 Å². The van der Waals surface area contributed by atoms with Gasteiger partial charge in [0.1, 0.15) is 5.82 Å². The summed E-state index contributed by atoms with van der Waals surface area (Å²) >= 11 is 0. The molecular formula is C14H20N4. The fraction of sp³-hybridized carbons (Fsp3) is 0.357. The quantitative estimate of drug-likeness (QED) is 0.897. The van der Waals surface area contributed by atoms with Gasteiger partial charge in [-0.25, -0.2) is 0 Å². The fourth-order valence-electron chi connectivity index (χ4n) is 1.86. The van der Waals surface area contributed by atoms with Crippen LogP contribution < -0.4 is 10.2 Å². The van der Waals surface area contributed by atoms with E-state index in [9.17, 15) is 0 Å². The van der Waals surface area contributed by atoms with E-state index >= 15 is 0 Å². The summed E-state index contributed by atoms with van der Waals surface area (Å²) < 4.78 is 1.80. The van der Waals surface area contributed by atoms with Gasteiger partial charge in [0.05, 0.1) is 6.04 Å². The summed E-state index contributed by atoms with van der Waals surface area (Å²) in [6.07, 6.45) is 1.93. The van der Waals surface area contributed by atoms with Crippen molar-refractivity contribution in [2.24, 2.45) is 7.05 Å². The van der Waals surface area contributed by atoms with Crippen LogP contribution in [0.4, 0.5) is 11.5 Å². The third kappa shape index (κ3) is 2.83. The topological polar surface area (TPSA) is 33.1 Å². The van der Waals surface area contributed by atoms with E-state index in [1.165, 1.54) is 11.3 Å². The summed E-state index contributed by atoms with van der Waals surface area (Å²) in [6, 6.07) is 10.8. The molecule has 0 aliphatic rings. The van der Waals surface area contributed by atoms with E-state index in [1.807, 2.05) is 33.4 Å². The van der Waals surface area contributed by atoms with Crippen molar-refractivity contribution in [3.63, 3.8) is 0 Å². The van der Waals surface area contributed by atoms with Gasteiger partial charge in [-0.3, -0.25) is 4.68 Å². The van der Waals surface area contributed by atoms with E-state index in [0.717, 1.165) is 5.82 Å². The first-order valence-corrected chi connectivity index (χ1v) is 6.10. The van der Waals surface area contributed by atoms with Crippen molar-refractivity contribution in [1.29, 1.82) is 0 Å². The SMILES string of the molecule is CC(Nc1ccn(C)n1)c1ccc(N(C)C)cc1. The highest BCUT2D eigenvalue weighted by Gasteiger charge is 2.07. The minimum atomic E-state index is 0.246. The van der Waals surface area contributed by atoms with E-state index in [2.05, 4.69) is 46.5 Å². The van der Waals surface area contributed by atoms with Gasteiger partial charge in [-0.05, 0) is 24.6 Å². The second-order valence-electron chi connectivity index (χ2n) is 4.73. The molecule has 4 nitrogen and oxygen atoms in total. The Kier molecular flexibility index (Phi) is 3.55. The number of aromatic nitrogens is 2. The maximum absolute atomic E-state index is 4.32. The van der Waals surface area contributed by atoms with Crippen LogP contribution in [0.3, 0.4) is 0 Å². The normalized spacial score (nSPS) is 12.2. The van der Waals surface area contributed by atoms with Crippen LogP contribution in [0.5, 0.6) is 0 Å². The first kappa shape index (κ1) is 12.5. The lowest BCUT2D eigenvalue weighted by molar-refractivity contribution is 0.760. The molecule has 0 saturated heterocycles. The van der Waals surface area contributed by atoms with Gasteiger partial charge in [-0.1, -0.05) is 12.1 Å². The Morgan fingerprint density at radius 3 is 2.33 bits per heavy atom. The summed E-state index contributed by atoms with van der Waals surface area (Å²) in [7, 11) is 6.01. The monoisotopic (exact) mass is 244 g/mol. The number of hydrogen-bond acceptors (Lipinski definition) is 3. The van der Waals surface area contributed by atoms with Gasteiger partial charge >= 0.3 is 0 Å². The van der Waals surface area contributed by atoms with E-state index in [0.29, 0.717) is 0 Å². The van der Waals surface area contributed by atoms with Crippen molar-refractivity contribution >= 4 is 11.5 Å². The van der Waals surface area contributed by atoms with Gasteiger partial charge in [0.2, 0.25) is 0 Å². The smallest absolute Gasteiger partial charge is 0.148 e. The Morgan fingerprint density at radius 2 is 1.83 bits per heavy atom. The van der Waals surface area contributed by atoms with Crippen LogP contribution >= 0.6 is 0 Å². The average molecular weight is 244 g/mol. The Bertz CT molecular complexity index is 499. The van der Waals surface area contributed by atoms with E-state index in [-0.39, 0.29) is 6.04 Å². The lowest BCUT2D eigenvalue weighted by Crippen LogP contribution is -2.10. The van der Waals surface area contributed by atoms with Crippen molar-refractivity contribution in [2.75, 3.05) is 24.3 Å². The molecular weight excluding hydrogens is 224 g/mol. The van der Waals surface area contributed by atoms with E-state index in [1.54, 1.807) is 4.68 Å². The molecule has 0 radical (unpaired) electrons. The molecule has 1 heterocycles. The van der Waals surface area contributed by atoms with Crippen LogP contribution in [0, 0.1) is 0 Å². The average Bonchev–Trinajstić information content (AvgIpc) is 2.75. The Balaban J connectivity index is 2.06. The maximum Gasteiger partial charge on any atom is 0.148 e. The fourth-order valence-corrected chi connectivity index (χ4v) is 1.86. The van der Waals surface area contributed by atoms with Gasteiger partial charge in [0.25, 0.3) is 0 Å². The van der Waals surface area contributed by atoms with Crippen LogP contribution in [-0.4, -0.2) is 23.9 Å². The molecule has 0 bridgehead atoms. The van der Waals surface area contributed by atoms with Gasteiger partial charge in [0, 0.05) is 39.1 Å². The molecule has 1 unspecified atom stereocenters. The molecule has 4 heteroatoms. The predicted molar refractivity (Wildman–Crippen MR) is 76.0 cm³/mol. The van der Waals surface area contributed by atoms with Crippen molar-refractivity contribution in [3.8, 4) is 0 Å². The molecule has 18 heavy (non-hydrogen) atoms. The molecule has 0 fully saturated rings. The molecule has 2 rings (SSSR count). The molecule has 1 aromatic carbocycles. The largest absolute Gasteiger partial charge is 0.378 e. The molecule has 0 aliphatic heterocycles. The molecule has 1 N–H and O–H groups in total. The summed E-state index contributed by atoms with van der Waals surface area (Å²) in [5.41, 5.74) is 2.47. The molecule has 0 saturated carbocycles. The number of hydrogen-bond donors (Lipinski definition) is 1. The number of benzene rings is 1. The Labute approximate surface area is 108 Å². The number of nitrogens with one attached hydrogen (secondary N) is 1. The van der Waals surface area contributed by atoms with Crippen molar-refractivity contribution in [3.05, 3.63) is 42.1 Å². The van der Waals surface area contributed by atoms with Crippen molar-refractivity contribution in [2.45, 2.75) is 13.0 Å². The molecule has 0 spiro atoms. The Morgan fingerprint density at radius 1 is 1.17 bits per heavy atom. The number of aryl methyl sites for hydroxylation is 1. The van der Waals surface area contributed by atoms with Crippen LogP contribution in [0.15, 0.2) is 36.5 Å². The molecule has 0 aliphatic carbocycles. The lowest BCUT2D eigenvalue weighted by atomic mass is 10.1. The second-order valence-corrected chi connectivity index (χ2v) is 4.73. The molecule has 96 valence electrons. The van der Waals surface area contributed by atoms with Gasteiger partial charge < -0.3 is 10.2 Å². The highest BCUT2D eigenvalue weighted by atomic mass is 15.3. The van der Waals surface area contributed by atoms with E-state index < -0.39 is 0 Å². The third-order valence-corrected chi connectivity index (χ3v) is 2.99. The molecule has 2 aromatic rings. The molecule has 1 aromatic heterocycles. The summed E-state index contributed by atoms with van der Waals surface area (Å²) in [4.78, 5) is 2.10. The number of anilines is 2. The van der Waals surface area contributed by atoms with Crippen LogP contribution in [-0.2, 0) is 7.05 Å². The predicted octanol–water partition coefficient (Wildman–Crippen LogP) is 2.66. The first-order valence-electron chi connectivity index (χ1n) is 6.10. The zero-order chi connectivity index (χ0) is 13.1. The van der Waals surface area contributed by atoms with Gasteiger partial charge in [-0.2, -0.15) is 5.10 Å². The highest BCUT2D eigenvalue weighted by Crippen LogP contribution is 2.20. The minimum absolute atomic E-state index is 0.246. The second kappa shape index (κ2) is 5.12. The summed E-state index contributed by atoms with van der Waals surface area (Å²) in [5.74, 6) is 0.904. The first-order chi connectivity index (χ1) is 8.56. The minimum Gasteiger partial charge on any atom is -0.378 e. The lowest BCUT2D eigenvalue weighted by Gasteiger charge is -2.16. The standard InChI is InChI=1S/C14H20N4/c1-11(15-14-9-10-18(4)16-14)12-5-7-13(8-6-12)17(2)3/h5-11H,1-4H3,(H,15,16).